The Labute approximate surface area is 61.7 Å². The summed E-state index contributed by atoms with van der Waals surface area (Å²) in [5.74, 6) is 0. The first-order valence-corrected chi connectivity index (χ1v) is 4.03. The van der Waals surface area contributed by atoms with E-state index in [1.165, 1.54) is 25.9 Å². The molecule has 56 valence electrons. The first-order valence-electron chi connectivity index (χ1n) is 4.03. The van der Waals surface area contributed by atoms with E-state index in [-0.39, 0.29) is 0 Å². The van der Waals surface area contributed by atoms with Crippen LogP contribution in [-0.4, -0.2) is 19.6 Å². The average Bonchev–Trinajstić information content (AvgIpc) is 2.39. The fourth-order valence-electron chi connectivity index (χ4n) is 1.84. The van der Waals surface area contributed by atoms with Crippen molar-refractivity contribution in [2.75, 3.05) is 19.6 Å². The summed E-state index contributed by atoms with van der Waals surface area (Å²) in [7, 11) is 0. The molecule has 2 rings (SSSR count). The fraction of sp³-hybridized carbons (Fsp3) is 0.750. The minimum absolute atomic E-state index is 0.519. The second kappa shape index (κ2) is 2.27. The monoisotopic (exact) mass is 138 g/mol. The Morgan fingerprint density at radius 3 is 2.70 bits per heavy atom. The Morgan fingerprint density at radius 1 is 1.20 bits per heavy atom. The highest BCUT2D eigenvalue weighted by Crippen LogP contribution is 2.31. The standard InChI is InChI=1S/C8H14N2/c1-4-9-5-2-8(1)3-6-10-7-8/h1,4,9-10H,2-3,5-7H2. The second-order valence-electron chi connectivity index (χ2n) is 3.33. The van der Waals surface area contributed by atoms with E-state index in [1.807, 2.05) is 0 Å². The Hall–Kier alpha value is -0.500. The van der Waals surface area contributed by atoms with Crippen LogP contribution in [0.4, 0.5) is 0 Å². The molecule has 0 aliphatic carbocycles. The summed E-state index contributed by atoms with van der Waals surface area (Å²) in [6, 6.07) is 0. The molecule has 2 nitrogen and oxygen atoms in total. The van der Waals surface area contributed by atoms with E-state index in [4.69, 9.17) is 0 Å². The zero-order chi connectivity index (χ0) is 6.86. The van der Waals surface area contributed by atoms with Crippen molar-refractivity contribution in [1.29, 1.82) is 0 Å². The zero-order valence-electron chi connectivity index (χ0n) is 6.19. The molecule has 0 aromatic rings. The van der Waals surface area contributed by atoms with Gasteiger partial charge in [-0.25, -0.2) is 0 Å². The lowest BCUT2D eigenvalue weighted by Gasteiger charge is -2.27. The molecule has 0 bridgehead atoms. The van der Waals surface area contributed by atoms with Gasteiger partial charge < -0.3 is 10.6 Å². The lowest BCUT2D eigenvalue weighted by molar-refractivity contribution is 0.370. The molecule has 0 saturated carbocycles. The largest absolute Gasteiger partial charge is 0.391 e. The smallest absolute Gasteiger partial charge is 0.0150 e. The maximum atomic E-state index is 3.40. The van der Waals surface area contributed by atoms with Crippen molar-refractivity contribution in [2.45, 2.75) is 12.8 Å². The van der Waals surface area contributed by atoms with Crippen molar-refractivity contribution in [3.05, 3.63) is 12.3 Å². The Bertz CT molecular complexity index is 145. The van der Waals surface area contributed by atoms with Crippen LogP contribution in [0.5, 0.6) is 0 Å². The Morgan fingerprint density at radius 2 is 2.10 bits per heavy atom. The summed E-state index contributed by atoms with van der Waals surface area (Å²) >= 11 is 0. The van der Waals surface area contributed by atoms with Crippen LogP contribution in [0.2, 0.25) is 0 Å². The van der Waals surface area contributed by atoms with Gasteiger partial charge in [-0.2, -0.15) is 0 Å². The van der Waals surface area contributed by atoms with Crippen LogP contribution in [-0.2, 0) is 0 Å². The highest BCUT2D eigenvalue weighted by molar-refractivity contribution is 5.06. The van der Waals surface area contributed by atoms with Crippen molar-refractivity contribution in [3.8, 4) is 0 Å². The van der Waals surface area contributed by atoms with Gasteiger partial charge in [0.15, 0.2) is 0 Å². The third kappa shape index (κ3) is 0.926. The highest BCUT2D eigenvalue weighted by Gasteiger charge is 2.31. The minimum atomic E-state index is 0.519. The number of rotatable bonds is 0. The van der Waals surface area contributed by atoms with Gasteiger partial charge in [0.05, 0.1) is 0 Å². The summed E-state index contributed by atoms with van der Waals surface area (Å²) in [4.78, 5) is 0. The van der Waals surface area contributed by atoms with Gasteiger partial charge >= 0.3 is 0 Å². The molecule has 1 spiro atoms. The summed E-state index contributed by atoms with van der Waals surface area (Å²) in [5.41, 5.74) is 0.519. The molecule has 10 heavy (non-hydrogen) atoms. The average molecular weight is 138 g/mol. The molecule has 0 amide bonds. The molecule has 0 aromatic carbocycles. The zero-order valence-corrected chi connectivity index (χ0v) is 6.19. The summed E-state index contributed by atoms with van der Waals surface area (Å²) in [6.07, 6.45) is 7.06. The predicted octanol–water partition coefficient (Wildman–Crippen LogP) is 0.473. The molecule has 1 atom stereocenters. The molecule has 2 aliphatic heterocycles. The normalized spacial score (nSPS) is 38.4. The maximum absolute atomic E-state index is 3.40. The third-order valence-electron chi connectivity index (χ3n) is 2.60. The fourth-order valence-corrected chi connectivity index (χ4v) is 1.84. The van der Waals surface area contributed by atoms with Crippen molar-refractivity contribution >= 4 is 0 Å². The molecule has 1 unspecified atom stereocenters. The van der Waals surface area contributed by atoms with E-state index in [9.17, 15) is 0 Å². The van der Waals surface area contributed by atoms with Crippen LogP contribution >= 0.6 is 0 Å². The van der Waals surface area contributed by atoms with Gasteiger partial charge in [0.1, 0.15) is 0 Å². The molecule has 0 radical (unpaired) electrons. The molecule has 1 fully saturated rings. The van der Waals surface area contributed by atoms with Crippen molar-refractivity contribution < 1.29 is 0 Å². The molecule has 1 saturated heterocycles. The molecular formula is C8H14N2. The third-order valence-corrected chi connectivity index (χ3v) is 2.60. The van der Waals surface area contributed by atoms with Crippen LogP contribution in [0.25, 0.3) is 0 Å². The quantitative estimate of drug-likeness (QED) is 0.508. The first kappa shape index (κ1) is 6.23. The van der Waals surface area contributed by atoms with Crippen molar-refractivity contribution in [2.24, 2.45) is 5.41 Å². The van der Waals surface area contributed by atoms with E-state index in [0.717, 1.165) is 6.54 Å². The van der Waals surface area contributed by atoms with Gasteiger partial charge in [-0.1, -0.05) is 6.08 Å². The summed E-state index contributed by atoms with van der Waals surface area (Å²) in [5, 5.41) is 6.63. The SMILES string of the molecule is C1=CC2(CCN1)CCNC2. The number of nitrogens with one attached hydrogen (secondary N) is 2. The first-order chi connectivity index (χ1) is 4.91. The van der Waals surface area contributed by atoms with E-state index < -0.39 is 0 Å². The lowest BCUT2D eigenvalue weighted by Crippen LogP contribution is -2.30. The van der Waals surface area contributed by atoms with Gasteiger partial charge in [-0.3, -0.25) is 0 Å². The number of hydrogen-bond acceptors (Lipinski definition) is 2. The van der Waals surface area contributed by atoms with Crippen LogP contribution in [0.15, 0.2) is 12.3 Å². The molecule has 2 heteroatoms. The van der Waals surface area contributed by atoms with E-state index in [0.29, 0.717) is 5.41 Å². The van der Waals surface area contributed by atoms with Gasteiger partial charge in [-0.15, -0.1) is 0 Å². The van der Waals surface area contributed by atoms with Gasteiger partial charge in [0.2, 0.25) is 0 Å². The van der Waals surface area contributed by atoms with Crippen LogP contribution in [0, 0.1) is 5.41 Å². The molecule has 0 aromatic heterocycles. The molecule has 2 N–H and O–H groups in total. The number of hydrogen-bond donors (Lipinski definition) is 2. The van der Waals surface area contributed by atoms with Gasteiger partial charge in [-0.05, 0) is 25.6 Å². The summed E-state index contributed by atoms with van der Waals surface area (Å²) in [6.45, 7) is 3.54. The van der Waals surface area contributed by atoms with Gasteiger partial charge in [0, 0.05) is 18.5 Å². The molecule has 2 aliphatic rings. The Balaban J connectivity index is 2.11. The molecule has 2 heterocycles. The highest BCUT2D eigenvalue weighted by atomic mass is 14.9. The van der Waals surface area contributed by atoms with Crippen LogP contribution in [0.1, 0.15) is 12.8 Å². The minimum Gasteiger partial charge on any atom is -0.391 e. The van der Waals surface area contributed by atoms with E-state index in [2.05, 4.69) is 22.9 Å². The van der Waals surface area contributed by atoms with Crippen LogP contribution < -0.4 is 10.6 Å². The molecular weight excluding hydrogens is 124 g/mol. The van der Waals surface area contributed by atoms with Crippen molar-refractivity contribution in [1.82, 2.24) is 10.6 Å². The predicted molar refractivity (Wildman–Crippen MR) is 41.7 cm³/mol. The maximum Gasteiger partial charge on any atom is 0.0150 e. The van der Waals surface area contributed by atoms with E-state index >= 15 is 0 Å². The Kier molecular flexibility index (Phi) is 1.42. The second-order valence-corrected chi connectivity index (χ2v) is 3.33. The van der Waals surface area contributed by atoms with E-state index in [1.54, 1.807) is 0 Å². The summed E-state index contributed by atoms with van der Waals surface area (Å²) < 4.78 is 0. The van der Waals surface area contributed by atoms with Gasteiger partial charge in [0.25, 0.3) is 0 Å². The van der Waals surface area contributed by atoms with Crippen molar-refractivity contribution in [3.63, 3.8) is 0 Å². The lowest BCUT2D eigenvalue weighted by atomic mass is 9.82. The van der Waals surface area contributed by atoms with Crippen LogP contribution in [0.3, 0.4) is 0 Å². The topological polar surface area (TPSA) is 24.1 Å².